The molecule has 1 N–H and O–H groups in total. The summed E-state index contributed by atoms with van der Waals surface area (Å²) >= 11 is 1.83. The van der Waals surface area contributed by atoms with E-state index in [1.54, 1.807) is 0 Å². The number of imidazole rings is 1. The van der Waals surface area contributed by atoms with Crippen molar-refractivity contribution in [2.75, 3.05) is 11.9 Å². The van der Waals surface area contributed by atoms with E-state index in [0.29, 0.717) is 6.04 Å². The highest BCUT2D eigenvalue weighted by molar-refractivity contribution is 7.10. The minimum Gasteiger partial charge on any atom is -0.356 e. The average molecular weight is 277 g/mol. The molecule has 0 bridgehead atoms. The second-order valence-electron chi connectivity index (χ2n) is 4.86. The van der Waals surface area contributed by atoms with Gasteiger partial charge < -0.3 is 9.88 Å². The normalized spacial score (nSPS) is 12.6. The molecule has 0 aromatic carbocycles. The van der Waals surface area contributed by atoms with Crippen molar-refractivity contribution in [1.29, 1.82) is 0 Å². The molecular weight excluding hydrogens is 254 g/mol. The van der Waals surface area contributed by atoms with E-state index in [2.05, 4.69) is 59.3 Å². The van der Waals surface area contributed by atoms with Crippen LogP contribution in [0.3, 0.4) is 0 Å². The molecule has 2 heterocycles. The van der Waals surface area contributed by atoms with Gasteiger partial charge in [-0.3, -0.25) is 0 Å². The number of anilines is 1. The van der Waals surface area contributed by atoms with Crippen LogP contribution in [0.15, 0.2) is 23.7 Å². The summed E-state index contributed by atoms with van der Waals surface area (Å²) in [6, 6.07) is 4.76. The van der Waals surface area contributed by atoms with Crippen LogP contribution < -0.4 is 5.32 Å². The van der Waals surface area contributed by atoms with Crippen molar-refractivity contribution in [2.45, 2.75) is 46.1 Å². The fourth-order valence-corrected chi connectivity index (χ4v) is 3.15. The fourth-order valence-electron chi connectivity index (χ4n) is 2.29. The number of hydrogen-bond donors (Lipinski definition) is 1. The number of thiophene rings is 1. The van der Waals surface area contributed by atoms with E-state index in [1.165, 1.54) is 11.3 Å². The van der Waals surface area contributed by atoms with E-state index in [-0.39, 0.29) is 0 Å². The lowest BCUT2D eigenvalue weighted by Gasteiger charge is -2.19. The lowest BCUT2D eigenvalue weighted by atomic mass is 10.1. The molecule has 0 aliphatic heterocycles. The summed E-state index contributed by atoms with van der Waals surface area (Å²) in [5.41, 5.74) is 1.08. The SMILES string of the molecule is CCCNc1nc(C)cn1C(CCC)c1cccs1. The lowest BCUT2D eigenvalue weighted by molar-refractivity contribution is 0.544. The number of hydrogen-bond acceptors (Lipinski definition) is 3. The van der Waals surface area contributed by atoms with Gasteiger partial charge in [0, 0.05) is 17.6 Å². The molecule has 0 aliphatic rings. The highest BCUT2D eigenvalue weighted by atomic mass is 32.1. The Morgan fingerprint density at radius 2 is 2.21 bits per heavy atom. The molecule has 0 saturated carbocycles. The molecule has 0 amide bonds. The summed E-state index contributed by atoms with van der Waals surface area (Å²) in [6.45, 7) is 7.45. The Morgan fingerprint density at radius 3 is 2.84 bits per heavy atom. The first-order valence-electron chi connectivity index (χ1n) is 7.09. The Kier molecular flexibility index (Phi) is 5.02. The monoisotopic (exact) mass is 277 g/mol. The average Bonchev–Trinajstić information content (AvgIpc) is 3.03. The number of nitrogens with zero attached hydrogens (tertiary/aromatic N) is 2. The smallest absolute Gasteiger partial charge is 0.203 e. The first-order chi connectivity index (χ1) is 9.26. The van der Waals surface area contributed by atoms with Crippen molar-refractivity contribution in [1.82, 2.24) is 9.55 Å². The van der Waals surface area contributed by atoms with Gasteiger partial charge in [0.1, 0.15) is 0 Å². The molecular formula is C15H23N3S. The molecule has 4 heteroatoms. The van der Waals surface area contributed by atoms with Crippen LogP contribution in [0.5, 0.6) is 0 Å². The van der Waals surface area contributed by atoms with E-state index < -0.39 is 0 Å². The predicted molar refractivity (Wildman–Crippen MR) is 83.1 cm³/mol. The number of aromatic nitrogens is 2. The minimum atomic E-state index is 0.408. The van der Waals surface area contributed by atoms with Crippen molar-refractivity contribution in [2.24, 2.45) is 0 Å². The van der Waals surface area contributed by atoms with Crippen molar-refractivity contribution in [3.05, 3.63) is 34.3 Å². The van der Waals surface area contributed by atoms with E-state index in [0.717, 1.165) is 31.0 Å². The van der Waals surface area contributed by atoms with Crippen LogP contribution >= 0.6 is 11.3 Å². The topological polar surface area (TPSA) is 29.9 Å². The zero-order valence-corrected chi connectivity index (χ0v) is 12.8. The third kappa shape index (κ3) is 3.38. The number of aryl methyl sites for hydroxylation is 1. The van der Waals surface area contributed by atoms with Crippen LogP contribution in [0.4, 0.5) is 5.95 Å². The Labute approximate surface area is 119 Å². The molecule has 1 unspecified atom stereocenters. The van der Waals surface area contributed by atoms with Crippen LogP contribution in [0, 0.1) is 6.92 Å². The maximum absolute atomic E-state index is 4.62. The van der Waals surface area contributed by atoms with Gasteiger partial charge in [0.05, 0.1) is 11.7 Å². The molecule has 19 heavy (non-hydrogen) atoms. The van der Waals surface area contributed by atoms with Gasteiger partial charge in [-0.1, -0.05) is 26.3 Å². The second-order valence-corrected chi connectivity index (χ2v) is 5.84. The van der Waals surface area contributed by atoms with Gasteiger partial charge in [0.15, 0.2) is 0 Å². The third-order valence-corrected chi connectivity index (χ3v) is 4.13. The summed E-state index contributed by atoms with van der Waals surface area (Å²) in [7, 11) is 0. The largest absolute Gasteiger partial charge is 0.356 e. The Morgan fingerprint density at radius 1 is 1.37 bits per heavy atom. The van der Waals surface area contributed by atoms with Gasteiger partial charge in [-0.2, -0.15) is 0 Å². The highest BCUT2D eigenvalue weighted by Crippen LogP contribution is 2.30. The quantitative estimate of drug-likeness (QED) is 0.809. The van der Waals surface area contributed by atoms with Gasteiger partial charge in [-0.15, -0.1) is 11.3 Å². The number of rotatable bonds is 7. The molecule has 104 valence electrons. The predicted octanol–water partition coefficient (Wildman–Crippen LogP) is 4.46. The Bertz CT molecular complexity index is 487. The van der Waals surface area contributed by atoms with Crippen LogP contribution in [0.2, 0.25) is 0 Å². The molecule has 2 rings (SSSR count). The van der Waals surface area contributed by atoms with E-state index in [1.807, 2.05) is 11.3 Å². The second kappa shape index (κ2) is 6.75. The van der Waals surface area contributed by atoms with Crippen molar-refractivity contribution >= 4 is 17.3 Å². The summed E-state index contributed by atoms with van der Waals surface area (Å²) in [5.74, 6) is 1.01. The first kappa shape index (κ1) is 14.1. The molecule has 0 saturated heterocycles. The Hall–Kier alpha value is -1.29. The Balaban J connectivity index is 2.30. The number of nitrogens with one attached hydrogen (secondary N) is 1. The van der Waals surface area contributed by atoms with Crippen LogP contribution in [0.1, 0.15) is 49.7 Å². The fraction of sp³-hybridized carbons (Fsp3) is 0.533. The molecule has 0 fully saturated rings. The van der Waals surface area contributed by atoms with Gasteiger partial charge >= 0.3 is 0 Å². The summed E-state index contributed by atoms with van der Waals surface area (Å²) in [4.78, 5) is 6.03. The van der Waals surface area contributed by atoms with Crippen LogP contribution in [-0.4, -0.2) is 16.1 Å². The summed E-state index contributed by atoms with van der Waals surface area (Å²) < 4.78 is 2.31. The standard InChI is InChI=1S/C15H23N3S/c1-4-7-13(14-8-6-10-19-14)18-11-12(3)17-15(18)16-9-5-2/h6,8,10-11,13H,4-5,7,9H2,1-3H3,(H,16,17). The molecule has 3 nitrogen and oxygen atoms in total. The van der Waals surface area contributed by atoms with E-state index in [4.69, 9.17) is 0 Å². The maximum Gasteiger partial charge on any atom is 0.203 e. The van der Waals surface area contributed by atoms with E-state index in [9.17, 15) is 0 Å². The lowest BCUT2D eigenvalue weighted by Crippen LogP contribution is -2.13. The first-order valence-corrected chi connectivity index (χ1v) is 7.97. The van der Waals surface area contributed by atoms with Crippen LogP contribution in [-0.2, 0) is 0 Å². The van der Waals surface area contributed by atoms with Crippen molar-refractivity contribution < 1.29 is 0 Å². The van der Waals surface area contributed by atoms with Gasteiger partial charge in [-0.05, 0) is 31.2 Å². The van der Waals surface area contributed by atoms with Crippen molar-refractivity contribution in [3.63, 3.8) is 0 Å². The molecule has 2 aromatic heterocycles. The van der Waals surface area contributed by atoms with Gasteiger partial charge in [-0.25, -0.2) is 4.98 Å². The minimum absolute atomic E-state index is 0.408. The van der Waals surface area contributed by atoms with Gasteiger partial charge in [0.2, 0.25) is 5.95 Å². The zero-order chi connectivity index (χ0) is 13.7. The molecule has 1 atom stereocenters. The molecule has 2 aromatic rings. The maximum atomic E-state index is 4.62. The van der Waals surface area contributed by atoms with E-state index >= 15 is 0 Å². The third-order valence-electron chi connectivity index (χ3n) is 3.16. The molecule has 0 aliphatic carbocycles. The summed E-state index contributed by atoms with van der Waals surface area (Å²) in [5, 5.41) is 5.59. The van der Waals surface area contributed by atoms with Crippen LogP contribution in [0.25, 0.3) is 0 Å². The molecule has 0 spiro atoms. The zero-order valence-electron chi connectivity index (χ0n) is 12.0. The molecule has 0 radical (unpaired) electrons. The summed E-state index contributed by atoms with van der Waals surface area (Å²) in [6.07, 6.45) is 5.60. The van der Waals surface area contributed by atoms with Gasteiger partial charge in [0.25, 0.3) is 0 Å². The van der Waals surface area contributed by atoms with Crippen molar-refractivity contribution in [3.8, 4) is 0 Å². The highest BCUT2D eigenvalue weighted by Gasteiger charge is 2.17.